The molecule has 0 spiro atoms. The summed E-state index contributed by atoms with van der Waals surface area (Å²) in [6, 6.07) is 7.21. The van der Waals surface area contributed by atoms with E-state index in [1.807, 2.05) is 26.0 Å². The van der Waals surface area contributed by atoms with Crippen molar-refractivity contribution >= 4 is 5.91 Å². The number of benzene rings is 1. The van der Waals surface area contributed by atoms with Crippen molar-refractivity contribution in [1.82, 2.24) is 5.32 Å². The fraction of sp³-hybridized carbons (Fsp3) is 0.562. The summed E-state index contributed by atoms with van der Waals surface area (Å²) in [6.07, 6.45) is 0.812. The molecule has 5 heteroatoms. The topological polar surface area (TPSA) is 56.8 Å². The summed E-state index contributed by atoms with van der Waals surface area (Å²) >= 11 is 0. The van der Waals surface area contributed by atoms with E-state index in [0.29, 0.717) is 37.7 Å². The molecule has 0 bridgehead atoms. The molecule has 1 unspecified atom stereocenters. The summed E-state index contributed by atoms with van der Waals surface area (Å²) in [7, 11) is 1.62. The minimum atomic E-state index is -0.147. The lowest BCUT2D eigenvalue weighted by Crippen LogP contribution is -2.37. The zero-order chi connectivity index (χ0) is 15.5. The zero-order valence-corrected chi connectivity index (χ0v) is 13.1. The number of hydrogen-bond donors (Lipinski definition) is 1. The highest BCUT2D eigenvalue weighted by Crippen LogP contribution is 2.18. The number of rotatable bonds is 10. The lowest BCUT2D eigenvalue weighted by molar-refractivity contribution is 0.0881. The first-order valence-corrected chi connectivity index (χ1v) is 7.32. The monoisotopic (exact) mass is 295 g/mol. The van der Waals surface area contributed by atoms with Crippen LogP contribution in [0.2, 0.25) is 0 Å². The lowest BCUT2D eigenvalue weighted by atomic mass is 10.1. The number of amides is 1. The summed E-state index contributed by atoms with van der Waals surface area (Å²) in [6.45, 7) is 6.02. The number of hydrogen-bond acceptors (Lipinski definition) is 4. The van der Waals surface area contributed by atoms with Crippen molar-refractivity contribution in [1.29, 1.82) is 0 Å². The van der Waals surface area contributed by atoms with Crippen molar-refractivity contribution < 1.29 is 19.0 Å². The van der Waals surface area contributed by atoms with Gasteiger partial charge in [0.15, 0.2) is 0 Å². The molecule has 1 aromatic carbocycles. The molecule has 1 rings (SSSR count). The fourth-order valence-electron chi connectivity index (χ4n) is 1.86. The highest BCUT2D eigenvalue weighted by atomic mass is 16.5. The second-order valence-electron chi connectivity index (χ2n) is 4.58. The van der Waals surface area contributed by atoms with Crippen LogP contribution in [0, 0.1) is 0 Å². The Kier molecular flexibility index (Phi) is 8.47. The molecule has 0 fully saturated rings. The van der Waals surface area contributed by atoms with Gasteiger partial charge < -0.3 is 19.5 Å². The highest BCUT2D eigenvalue weighted by molar-refractivity contribution is 5.97. The Balaban J connectivity index is 2.65. The van der Waals surface area contributed by atoms with E-state index in [1.165, 1.54) is 0 Å². The van der Waals surface area contributed by atoms with E-state index in [1.54, 1.807) is 19.2 Å². The number of ether oxygens (including phenoxy) is 3. The third-order valence-electron chi connectivity index (χ3n) is 3.02. The minimum Gasteiger partial charge on any atom is -0.490 e. The van der Waals surface area contributed by atoms with Crippen LogP contribution in [-0.4, -0.2) is 45.5 Å². The van der Waals surface area contributed by atoms with Crippen molar-refractivity contribution in [3.8, 4) is 5.75 Å². The molecule has 0 aliphatic heterocycles. The maximum Gasteiger partial charge on any atom is 0.255 e. The summed E-state index contributed by atoms with van der Waals surface area (Å²) in [5, 5.41) is 2.95. The molecule has 118 valence electrons. The molecule has 0 radical (unpaired) electrons. The Labute approximate surface area is 126 Å². The van der Waals surface area contributed by atoms with Crippen LogP contribution in [0.4, 0.5) is 0 Å². The Morgan fingerprint density at radius 1 is 1.24 bits per heavy atom. The normalized spacial score (nSPS) is 12.0. The Bertz CT molecular complexity index is 422. The average molecular weight is 295 g/mol. The number of carbonyl (C=O) groups excluding carboxylic acids is 1. The van der Waals surface area contributed by atoms with Gasteiger partial charge in [0.1, 0.15) is 12.4 Å². The van der Waals surface area contributed by atoms with Gasteiger partial charge >= 0.3 is 0 Å². The van der Waals surface area contributed by atoms with Gasteiger partial charge in [-0.1, -0.05) is 19.1 Å². The van der Waals surface area contributed by atoms with Gasteiger partial charge in [-0.05, 0) is 25.5 Å². The van der Waals surface area contributed by atoms with Crippen LogP contribution in [0.25, 0.3) is 0 Å². The number of nitrogens with one attached hydrogen (secondary N) is 1. The van der Waals surface area contributed by atoms with Crippen molar-refractivity contribution in [3.63, 3.8) is 0 Å². The molecule has 0 aromatic heterocycles. The molecular formula is C16H25NO4. The molecular weight excluding hydrogens is 270 g/mol. The Hall–Kier alpha value is -1.59. The van der Waals surface area contributed by atoms with Crippen LogP contribution in [0.15, 0.2) is 24.3 Å². The predicted molar refractivity (Wildman–Crippen MR) is 81.9 cm³/mol. The van der Waals surface area contributed by atoms with Crippen LogP contribution in [0.3, 0.4) is 0 Å². The van der Waals surface area contributed by atoms with Crippen molar-refractivity contribution in [2.45, 2.75) is 26.3 Å². The lowest BCUT2D eigenvalue weighted by Gasteiger charge is -2.17. The Morgan fingerprint density at radius 3 is 2.67 bits per heavy atom. The predicted octanol–water partition coefficient (Wildman–Crippen LogP) is 2.26. The van der Waals surface area contributed by atoms with Crippen molar-refractivity contribution in [2.75, 3.05) is 33.5 Å². The van der Waals surface area contributed by atoms with E-state index in [-0.39, 0.29) is 11.9 Å². The maximum atomic E-state index is 12.3. The van der Waals surface area contributed by atoms with E-state index >= 15 is 0 Å². The van der Waals surface area contributed by atoms with Gasteiger partial charge in [-0.15, -0.1) is 0 Å². The molecule has 1 atom stereocenters. The van der Waals surface area contributed by atoms with Gasteiger partial charge in [-0.2, -0.15) is 0 Å². The maximum absolute atomic E-state index is 12.3. The van der Waals surface area contributed by atoms with E-state index in [9.17, 15) is 4.79 Å². The summed E-state index contributed by atoms with van der Waals surface area (Å²) in [5.41, 5.74) is 0.531. The summed E-state index contributed by atoms with van der Waals surface area (Å²) < 4.78 is 15.9. The molecule has 0 aliphatic rings. The standard InChI is InChI=1S/C16H25NO4/c1-4-13(12-19-3)17-16(18)14-8-6-7-9-15(14)21-11-10-20-5-2/h6-9,13H,4-5,10-12H2,1-3H3,(H,17,18). The first-order valence-electron chi connectivity index (χ1n) is 7.32. The zero-order valence-electron chi connectivity index (χ0n) is 13.1. The van der Waals surface area contributed by atoms with Crippen LogP contribution in [0.5, 0.6) is 5.75 Å². The van der Waals surface area contributed by atoms with E-state index in [4.69, 9.17) is 14.2 Å². The van der Waals surface area contributed by atoms with Gasteiger partial charge in [-0.3, -0.25) is 4.79 Å². The molecule has 0 saturated heterocycles. The van der Waals surface area contributed by atoms with Gasteiger partial charge in [0, 0.05) is 13.7 Å². The molecule has 0 heterocycles. The average Bonchev–Trinajstić information content (AvgIpc) is 2.51. The van der Waals surface area contributed by atoms with Crippen LogP contribution in [0.1, 0.15) is 30.6 Å². The second kappa shape index (κ2) is 10.2. The molecule has 1 N–H and O–H groups in total. The van der Waals surface area contributed by atoms with Crippen molar-refractivity contribution in [3.05, 3.63) is 29.8 Å². The fourth-order valence-corrected chi connectivity index (χ4v) is 1.86. The first kappa shape index (κ1) is 17.5. The third-order valence-corrected chi connectivity index (χ3v) is 3.02. The highest BCUT2D eigenvalue weighted by Gasteiger charge is 2.15. The van der Waals surface area contributed by atoms with E-state index in [2.05, 4.69) is 5.32 Å². The largest absolute Gasteiger partial charge is 0.490 e. The summed E-state index contributed by atoms with van der Waals surface area (Å²) in [5.74, 6) is 0.424. The molecule has 5 nitrogen and oxygen atoms in total. The molecule has 0 aliphatic carbocycles. The minimum absolute atomic E-state index is 0.000944. The SMILES string of the molecule is CCOCCOc1ccccc1C(=O)NC(CC)COC. The third kappa shape index (κ3) is 6.14. The van der Waals surface area contributed by atoms with E-state index in [0.717, 1.165) is 6.42 Å². The molecule has 21 heavy (non-hydrogen) atoms. The van der Waals surface area contributed by atoms with Crippen LogP contribution < -0.4 is 10.1 Å². The molecule has 1 aromatic rings. The van der Waals surface area contributed by atoms with Gasteiger partial charge in [0.2, 0.25) is 0 Å². The van der Waals surface area contributed by atoms with Gasteiger partial charge in [-0.25, -0.2) is 0 Å². The summed E-state index contributed by atoms with van der Waals surface area (Å²) in [4.78, 5) is 12.3. The Morgan fingerprint density at radius 2 is 2.00 bits per heavy atom. The number of methoxy groups -OCH3 is 1. The molecule has 1 amide bonds. The first-order chi connectivity index (χ1) is 10.2. The van der Waals surface area contributed by atoms with Crippen LogP contribution in [-0.2, 0) is 9.47 Å². The number of para-hydroxylation sites is 1. The van der Waals surface area contributed by atoms with Crippen LogP contribution >= 0.6 is 0 Å². The van der Waals surface area contributed by atoms with Crippen molar-refractivity contribution in [2.24, 2.45) is 0 Å². The smallest absolute Gasteiger partial charge is 0.255 e. The van der Waals surface area contributed by atoms with Gasteiger partial charge in [0.25, 0.3) is 5.91 Å². The van der Waals surface area contributed by atoms with E-state index < -0.39 is 0 Å². The number of carbonyl (C=O) groups is 1. The second-order valence-corrected chi connectivity index (χ2v) is 4.58. The van der Waals surface area contributed by atoms with Gasteiger partial charge in [0.05, 0.1) is 24.8 Å². The molecule has 0 saturated carbocycles. The quantitative estimate of drug-likeness (QED) is 0.673.